The van der Waals surface area contributed by atoms with Gasteiger partial charge in [-0.3, -0.25) is 9.59 Å². The topological polar surface area (TPSA) is 84.5 Å². The quantitative estimate of drug-likeness (QED) is 0.820. The lowest BCUT2D eigenvalue weighted by Crippen LogP contribution is -2.30. The van der Waals surface area contributed by atoms with Gasteiger partial charge in [-0.1, -0.05) is 6.07 Å². The molecule has 6 nitrogen and oxygen atoms in total. The zero-order valence-electron chi connectivity index (χ0n) is 14.3. The smallest absolute Gasteiger partial charge is 0.337 e. The molecule has 0 heterocycles. The Bertz CT molecular complexity index is 782. The molecule has 0 unspecified atom stereocenters. The van der Waals surface area contributed by atoms with Gasteiger partial charge in [0.15, 0.2) is 0 Å². The van der Waals surface area contributed by atoms with Crippen LogP contribution in [0.4, 0.5) is 5.69 Å². The molecule has 0 aliphatic carbocycles. The lowest BCUT2D eigenvalue weighted by molar-refractivity contribution is 0.0600. The van der Waals surface area contributed by atoms with Crippen LogP contribution in [0.5, 0.6) is 0 Å². The van der Waals surface area contributed by atoms with Gasteiger partial charge < -0.3 is 15.4 Å². The van der Waals surface area contributed by atoms with Crippen molar-refractivity contribution in [3.8, 4) is 0 Å². The average molecular weight is 340 g/mol. The maximum Gasteiger partial charge on any atom is 0.337 e. The molecule has 0 aliphatic rings. The van der Waals surface area contributed by atoms with Gasteiger partial charge in [0.05, 0.1) is 12.7 Å². The van der Waals surface area contributed by atoms with E-state index in [1.807, 2.05) is 13.8 Å². The predicted octanol–water partition coefficient (Wildman–Crippen LogP) is 2.86. The van der Waals surface area contributed by atoms with Gasteiger partial charge in [-0.05, 0) is 56.3 Å². The van der Waals surface area contributed by atoms with Crippen LogP contribution in [-0.2, 0) is 4.74 Å². The first kappa shape index (κ1) is 18.2. The number of benzene rings is 2. The molecule has 0 saturated heterocycles. The summed E-state index contributed by atoms with van der Waals surface area (Å²) in [5, 5.41) is 5.51. The van der Waals surface area contributed by atoms with E-state index in [0.717, 1.165) is 0 Å². The molecular formula is C19H20N2O4. The van der Waals surface area contributed by atoms with Crippen LogP contribution in [0, 0.1) is 0 Å². The van der Waals surface area contributed by atoms with Gasteiger partial charge in [-0.15, -0.1) is 0 Å². The van der Waals surface area contributed by atoms with Crippen LogP contribution >= 0.6 is 0 Å². The highest BCUT2D eigenvalue weighted by Gasteiger charge is 2.12. The molecule has 130 valence electrons. The van der Waals surface area contributed by atoms with Crippen LogP contribution in [-0.4, -0.2) is 30.9 Å². The Morgan fingerprint density at radius 1 is 0.880 bits per heavy atom. The summed E-state index contributed by atoms with van der Waals surface area (Å²) in [6, 6.07) is 12.8. The molecule has 2 aromatic carbocycles. The van der Waals surface area contributed by atoms with E-state index in [1.165, 1.54) is 13.2 Å². The minimum absolute atomic E-state index is 0.0123. The first-order valence-electron chi connectivity index (χ1n) is 7.81. The van der Waals surface area contributed by atoms with E-state index in [1.54, 1.807) is 42.5 Å². The molecule has 0 spiro atoms. The number of hydrogen-bond donors (Lipinski definition) is 2. The van der Waals surface area contributed by atoms with Gasteiger partial charge in [0, 0.05) is 22.9 Å². The van der Waals surface area contributed by atoms with Crippen molar-refractivity contribution in [2.45, 2.75) is 19.9 Å². The molecule has 0 atom stereocenters. The number of rotatable bonds is 5. The van der Waals surface area contributed by atoms with Gasteiger partial charge in [0.2, 0.25) is 0 Å². The molecule has 0 aromatic heterocycles. The van der Waals surface area contributed by atoms with Crippen molar-refractivity contribution in [1.29, 1.82) is 0 Å². The second-order valence-electron chi connectivity index (χ2n) is 5.73. The highest BCUT2D eigenvalue weighted by atomic mass is 16.5. The van der Waals surface area contributed by atoms with Crippen molar-refractivity contribution in [3.05, 3.63) is 65.2 Å². The number of esters is 1. The Hall–Kier alpha value is -3.15. The van der Waals surface area contributed by atoms with Crippen molar-refractivity contribution in [3.63, 3.8) is 0 Å². The summed E-state index contributed by atoms with van der Waals surface area (Å²) in [7, 11) is 1.31. The minimum Gasteiger partial charge on any atom is -0.465 e. The lowest BCUT2D eigenvalue weighted by Gasteiger charge is -2.10. The van der Waals surface area contributed by atoms with Crippen molar-refractivity contribution in [1.82, 2.24) is 5.32 Å². The Kier molecular flexibility index (Phi) is 5.89. The summed E-state index contributed by atoms with van der Waals surface area (Å²) in [5.74, 6) is -1.01. The fourth-order valence-electron chi connectivity index (χ4n) is 2.16. The van der Waals surface area contributed by atoms with Crippen molar-refractivity contribution >= 4 is 23.5 Å². The van der Waals surface area contributed by atoms with Crippen LogP contribution in [0.15, 0.2) is 48.5 Å². The van der Waals surface area contributed by atoms with Crippen molar-refractivity contribution in [2.75, 3.05) is 12.4 Å². The van der Waals surface area contributed by atoms with E-state index in [-0.39, 0.29) is 17.9 Å². The lowest BCUT2D eigenvalue weighted by atomic mass is 10.1. The van der Waals surface area contributed by atoms with Crippen LogP contribution in [0.1, 0.15) is 44.9 Å². The Morgan fingerprint density at radius 3 is 2.04 bits per heavy atom. The monoisotopic (exact) mass is 340 g/mol. The van der Waals surface area contributed by atoms with Gasteiger partial charge in [0.1, 0.15) is 0 Å². The highest BCUT2D eigenvalue weighted by Crippen LogP contribution is 2.13. The highest BCUT2D eigenvalue weighted by molar-refractivity contribution is 6.06. The summed E-state index contributed by atoms with van der Waals surface area (Å²) in [6.07, 6.45) is 0. The van der Waals surface area contributed by atoms with E-state index >= 15 is 0 Å². The van der Waals surface area contributed by atoms with Gasteiger partial charge in [-0.25, -0.2) is 4.79 Å². The molecule has 2 aromatic rings. The number of methoxy groups -OCH3 is 1. The van der Waals surface area contributed by atoms with Crippen LogP contribution in [0.3, 0.4) is 0 Å². The molecule has 2 N–H and O–H groups in total. The molecule has 0 saturated carbocycles. The molecule has 25 heavy (non-hydrogen) atoms. The summed E-state index contributed by atoms with van der Waals surface area (Å²) >= 11 is 0. The van der Waals surface area contributed by atoms with Gasteiger partial charge in [0.25, 0.3) is 11.8 Å². The van der Waals surface area contributed by atoms with Gasteiger partial charge >= 0.3 is 5.97 Å². The molecule has 2 amide bonds. The van der Waals surface area contributed by atoms with Gasteiger partial charge in [-0.2, -0.15) is 0 Å². The largest absolute Gasteiger partial charge is 0.465 e. The summed E-state index contributed by atoms with van der Waals surface area (Å²) < 4.78 is 4.63. The number of anilines is 1. The fraction of sp³-hybridized carbons (Fsp3) is 0.211. The van der Waals surface area contributed by atoms with E-state index < -0.39 is 5.97 Å². The number of nitrogens with one attached hydrogen (secondary N) is 2. The van der Waals surface area contributed by atoms with E-state index in [2.05, 4.69) is 15.4 Å². The summed E-state index contributed by atoms with van der Waals surface area (Å²) in [6.45, 7) is 3.74. The third-order valence-corrected chi connectivity index (χ3v) is 3.37. The van der Waals surface area contributed by atoms with Crippen LogP contribution in [0.25, 0.3) is 0 Å². The molecule has 0 radical (unpaired) electrons. The number of carbonyl (C=O) groups excluding carboxylic acids is 3. The minimum atomic E-state index is -0.443. The molecule has 2 rings (SSSR count). The maximum absolute atomic E-state index is 12.4. The Morgan fingerprint density at radius 2 is 1.48 bits per heavy atom. The fourth-order valence-corrected chi connectivity index (χ4v) is 2.16. The number of hydrogen-bond acceptors (Lipinski definition) is 4. The zero-order chi connectivity index (χ0) is 18.4. The SMILES string of the molecule is COC(=O)c1ccc(NC(=O)c2cccc(C(=O)NC(C)C)c2)cc1. The standard InChI is InChI=1S/C19H20N2O4/c1-12(2)20-17(22)14-5-4-6-15(11-14)18(23)21-16-9-7-13(8-10-16)19(24)25-3/h4-12H,1-3H3,(H,20,22)(H,21,23). The molecule has 6 heteroatoms. The Labute approximate surface area is 146 Å². The van der Waals surface area contributed by atoms with Crippen LogP contribution < -0.4 is 10.6 Å². The summed E-state index contributed by atoms with van der Waals surface area (Å²) in [4.78, 5) is 35.8. The van der Waals surface area contributed by atoms with Crippen molar-refractivity contribution in [2.24, 2.45) is 0 Å². The number of ether oxygens (including phenoxy) is 1. The number of amides is 2. The number of carbonyl (C=O) groups is 3. The van der Waals surface area contributed by atoms with E-state index in [0.29, 0.717) is 22.4 Å². The molecule has 0 fully saturated rings. The van der Waals surface area contributed by atoms with E-state index in [4.69, 9.17) is 0 Å². The molecule has 0 bridgehead atoms. The normalized spacial score (nSPS) is 10.2. The van der Waals surface area contributed by atoms with Crippen molar-refractivity contribution < 1.29 is 19.1 Å². The Balaban J connectivity index is 2.10. The molecular weight excluding hydrogens is 320 g/mol. The third kappa shape index (κ3) is 4.91. The second kappa shape index (κ2) is 8.10. The summed E-state index contributed by atoms with van der Waals surface area (Å²) in [5.41, 5.74) is 1.72. The first-order valence-corrected chi connectivity index (χ1v) is 7.81. The maximum atomic E-state index is 12.4. The average Bonchev–Trinajstić information content (AvgIpc) is 2.61. The van der Waals surface area contributed by atoms with Crippen LogP contribution in [0.2, 0.25) is 0 Å². The van der Waals surface area contributed by atoms with E-state index in [9.17, 15) is 14.4 Å². The second-order valence-corrected chi connectivity index (χ2v) is 5.73. The predicted molar refractivity (Wildman–Crippen MR) is 94.8 cm³/mol. The third-order valence-electron chi connectivity index (χ3n) is 3.37. The zero-order valence-corrected chi connectivity index (χ0v) is 14.3. The first-order chi connectivity index (χ1) is 11.9. The molecule has 0 aliphatic heterocycles.